The number of fused-ring (bicyclic) bond motifs is 1. The van der Waals surface area contributed by atoms with Gasteiger partial charge in [0.1, 0.15) is 5.82 Å². The molecule has 0 radical (unpaired) electrons. The Balaban J connectivity index is 1.65. The Morgan fingerprint density at radius 2 is 1.92 bits per heavy atom. The second-order valence-corrected chi connectivity index (χ2v) is 6.76. The molecule has 24 heavy (non-hydrogen) atoms. The Morgan fingerprint density at radius 3 is 2.67 bits per heavy atom. The van der Waals surface area contributed by atoms with Gasteiger partial charge in [-0.1, -0.05) is 30.0 Å². The summed E-state index contributed by atoms with van der Waals surface area (Å²) in [5, 5.41) is 11.5. The molecule has 0 aliphatic rings. The predicted molar refractivity (Wildman–Crippen MR) is 91.3 cm³/mol. The van der Waals surface area contributed by atoms with Gasteiger partial charge in [-0.3, -0.25) is 9.20 Å². The minimum atomic E-state index is -0.333. The molecule has 0 aliphatic heterocycles. The van der Waals surface area contributed by atoms with E-state index in [1.807, 2.05) is 42.6 Å². The molecule has 1 amide bonds. The number of amides is 1. The van der Waals surface area contributed by atoms with Gasteiger partial charge in [-0.05, 0) is 43.7 Å². The SMILES string of the molecule is C[C@@H](Sc1nnc2ccccn12)C(=O)N[C@H](C)c1ccc(F)cc1. The van der Waals surface area contributed by atoms with Crippen LogP contribution in [0.15, 0.2) is 53.8 Å². The van der Waals surface area contributed by atoms with Gasteiger partial charge in [0, 0.05) is 6.20 Å². The first kappa shape index (κ1) is 16.4. The van der Waals surface area contributed by atoms with Crippen molar-refractivity contribution in [2.75, 3.05) is 0 Å². The maximum Gasteiger partial charge on any atom is 0.233 e. The molecule has 3 rings (SSSR count). The Kier molecular flexibility index (Phi) is 4.80. The van der Waals surface area contributed by atoms with Crippen LogP contribution < -0.4 is 5.32 Å². The highest BCUT2D eigenvalue weighted by Crippen LogP contribution is 2.23. The Morgan fingerprint density at radius 1 is 1.17 bits per heavy atom. The number of thioether (sulfide) groups is 1. The van der Waals surface area contributed by atoms with Gasteiger partial charge >= 0.3 is 0 Å². The molecule has 2 atom stereocenters. The first-order valence-electron chi connectivity index (χ1n) is 7.57. The summed E-state index contributed by atoms with van der Waals surface area (Å²) in [6, 6.07) is 11.6. The van der Waals surface area contributed by atoms with Gasteiger partial charge in [-0.15, -0.1) is 10.2 Å². The van der Waals surface area contributed by atoms with E-state index in [4.69, 9.17) is 0 Å². The monoisotopic (exact) mass is 344 g/mol. The summed E-state index contributed by atoms with van der Waals surface area (Å²) in [4.78, 5) is 12.4. The molecule has 124 valence electrons. The van der Waals surface area contributed by atoms with Crippen molar-refractivity contribution in [1.29, 1.82) is 0 Å². The van der Waals surface area contributed by atoms with Gasteiger partial charge in [0.05, 0.1) is 11.3 Å². The quantitative estimate of drug-likeness (QED) is 0.722. The summed E-state index contributed by atoms with van der Waals surface area (Å²) in [6.45, 7) is 3.69. The molecule has 2 heterocycles. The lowest BCUT2D eigenvalue weighted by atomic mass is 10.1. The van der Waals surface area contributed by atoms with Crippen molar-refractivity contribution in [3.63, 3.8) is 0 Å². The normalized spacial score (nSPS) is 13.6. The lowest BCUT2D eigenvalue weighted by molar-refractivity contribution is -0.120. The van der Waals surface area contributed by atoms with E-state index in [1.54, 1.807) is 12.1 Å². The molecule has 1 aromatic carbocycles. The topological polar surface area (TPSA) is 59.3 Å². The number of carbonyl (C=O) groups is 1. The van der Waals surface area contributed by atoms with E-state index in [1.165, 1.54) is 23.9 Å². The molecule has 7 heteroatoms. The van der Waals surface area contributed by atoms with Gasteiger partial charge in [-0.25, -0.2) is 4.39 Å². The number of carbonyl (C=O) groups excluding carboxylic acids is 1. The zero-order chi connectivity index (χ0) is 17.1. The van der Waals surface area contributed by atoms with Gasteiger partial charge in [0.25, 0.3) is 0 Å². The fourth-order valence-electron chi connectivity index (χ4n) is 2.28. The van der Waals surface area contributed by atoms with E-state index in [2.05, 4.69) is 15.5 Å². The van der Waals surface area contributed by atoms with Crippen molar-refractivity contribution >= 4 is 23.3 Å². The van der Waals surface area contributed by atoms with Crippen molar-refractivity contribution in [2.24, 2.45) is 0 Å². The zero-order valence-corrected chi connectivity index (χ0v) is 14.1. The van der Waals surface area contributed by atoms with Gasteiger partial charge in [-0.2, -0.15) is 0 Å². The fourth-order valence-corrected chi connectivity index (χ4v) is 3.12. The lowest BCUT2D eigenvalue weighted by Crippen LogP contribution is -2.33. The predicted octanol–water partition coefficient (Wildman–Crippen LogP) is 3.23. The molecular formula is C17H17FN4OS. The third kappa shape index (κ3) is 3.56. The Hall–Kier alpha value is -2.41. The van der Waals surface area contributed by atoms with Gasteiger partial charge in [0.15, 0.2) is 10.8 Å². The highest BCUT2D eigenvalue weighted by Gasteiger charge is 2.19. The lowest BCUT2D eigenvalue weighted by Gasteiger charge is -2.17. The van der Waals surface area contributed by atoms with Crippen LogP contribution in [0.5, 0.6) is 0 Å². The highest BCUT2D eigenvalue weighted by atomic mass is 32.2. The van der Waals surface area contributed by atoms with Crippen LogP contribution in [0.2, 0.25) is 0 Å². The number of benzene rings is 1. The van der Waals surface area contributed by atoms with Crippen LogP contribution in [0.4, 0.5) is 4.39 Å². The molecule has 0 aliphatic carbocycles. The third-order valence-corrected chi connectivity index (χ3v) is 4.72. The van der Waals surface area contributed by atoms with Crippen molar-refractivity contribution in [1.82, 2.24) is 19.9 Å². The second kappa shape index (κ2) is 7.00. The molecule has 0 saturated heterocycles. The summed E-state index contributed by atoms with van der Waals surface area (Å²) in [6.07, 6.45) is 1.86. The minimum Gasteiger partial charge on any atom is -0.349 e. The molecule has 0 bridgehead atoms. The van der Waals surface area contributed by atoms with Crippen molar-refractivity contribution in [3.05, 3.63) is 60.0 Å². The minimum absolute atomic E-state index is 0.107. The maximum absolute atomic E-state index is 13.0. The average molecular weight is 344 g/mol. The van der Waals surface area contributed by atoms with Crippen molar-refractivity contribution in [2.45, 2.75) is 30.3 Å². The largest absolute Gasteiger partial charge is 0.349 e. The second-order valence-electron chi connectivity index (χ2n) is 5.45. The van der Waals surface area contributed by atoms with Crippen molar-refractivity contribution in [3.8, 4) is 0 Å². The van der Waals surface area contributed by atoms with Crippen LogP contribution in [-0.2, 0) is 4.79 Å². The summed E-state index contributed by atoms with van der Waals surface area (Å²) in [5.41, 5.74) is 1.60. The molecule has 0 unspecified atom stereocenters. The molecule has 2 aromatic heterocycles. The zero-order valence-electron chi connectivity index (χ0n) is 13.3. The molecule has 1 N–H and O–H groups in total. The van der Waals surface area contributed by atoms with E-state index >= 15 is 0 Å². The summed E-state index contributed by atoms with van der Waals surface area (Å²) >= 11 is 1.34. The number of nitrogens with zero attached hydrogens (tertiary/aromatic N) is 3. The van der Waals surface area contributed by atoms with Crippen LogP contribution >= 0.6 is 11.8 Å². The Labute approximate surface area is 143 Å². The van der Waals surface area contributed by atoms with E-state index in [-0.39, 0.29) is 23.0 Å². The number of aromatic nitrogens is 3. The van der Waals surface area contributed by atoms with Crippen LogP contribution in [-0.4, -0.2) is 25.8 Å². The van der Waals surface area contributed by atoms with Crippen LogP contribution in [0.25, 0.3) is 5.65 Å². The number of halogens is 1. The number of pyridine rings is 1. The number of nitrogens with one attached hydrogen (secondary N) is 1. The Bertz CT molecular complexity index is 849. The van der Waals surface area contributed by atoms with Crippen molar-refractivity contribution < 1.29 is 9.18 Å². The maximum atomic E-state index is 13.0. The molecule has 3 aromatic rings. The molecule has 5 nitrogen and oxygen atoms in total. The highest BCUT2D eigenvalue weighted by molar-refractivity contribution is 8.00. The van der Waals surface area contributed by atoms with Gasteiger partial charge < -0.3 is 5.32 Å². The smallest absolute Gasteiger partial charge is 0.233 e. The molecule has 0 fully saturated rings. The molecule has 0 spiro atoms. The summed E-state index contributed by atoms with van der Waals surface area (Å²) < 4.78 is 14.8. The summed E-state index contributed by atoms with van der Waals surface area (Å²) in [7, 11) is 0. The third-order valence-electron chi connectivity index (χ3n) is 3.66. The first-order valence-corrected chi connectivity index (χ1v) is 8.45. The van der Waals surface area contributed by atoms with Crippen LogP contribution in [0.3, 0.4) is 0 Å². The van der Waals surface area contributed by atoms with Gasteiger partial charge in [0.2, 0.25) is 5.91 Å². The summed E-state index contributed by atoms with van der Waals surface area (Å²) in [5.74, 6) is -0.399. The number of hydrogen-bond donors (Lipinski definition) is 1. The number of hydrogen-bond acceptors (Lipinski definition) is 4. The van der Waals surface area contributed by atoms with E-state index < -0.39 is 0 Å². The first-order chi connectivity index (χ1) is 11.5. The average Bonchev–Trinajstić information content (AvgIpc) is 2.98. The van der Waals surface area contributed by atoms with Crippen LogP contribution in [0.1, 0.15) is 25.5 Å². The standard InChI is InChI=1S/C17H17FN4OS/c1-11(13-6-8-14(18)9-7-13)19-16(23)12(2)24-17-21-20-15-5-3-4-10-22(15)17/h3-12H,1-2H3,(H,19,23)/t11-,12-/m1/s1. The van der Waals surface area contributed by atoms with E-state index in [0.717, 1.165) is 11.2 Å². The molecular weight excluding hydrogens is 327 g/mol. The number of rotatable bonds is 5. The van der Waals surface area contributed by atoms with E-state index in [0.29, 0.717) is 5.16 Å². The molecule has 0 saturated carbocycles. The van der Waals surface area contributed by atoms with Crippen LogP contribution in [0, 0.1) is 5.82 Å². The fraction of sp³-hybridized carbons (Fsp3) is 0.235. The van der Waals surface area contributed by atoms with E-state index in [9.17, 15) is 9.18 Å².